The quantitative estimate of drug-likeness (QED) is 0.438. The summed E-state index contributed by atoms with van der Waals surface area (Å²) in [6.45, 7) is 0.874. The molecule has 36 heavy (non-hydrogen) atoms. The van der Waals surface area contributed by atoms with Gasteiger partial charge in [-0.25, -0.2) is 9.97 Å². The molecule has 182 valence electrons. The Morgan fingerprint density at radius 2 is 1.72 bits per heavy atom. The number of carbonyl (C=O) groups is 1. The number of hydrogen-bond acceptors (Lipinski definition) is 9. The molecular formula is C26H25N7O3. The van der Waals surface area contributed by atoms with Crippen LogP contribution in [0, 0.1) is 0 Å². The highest BCUT2D eigenvalue weighted by atomic mass is 16.5. The number of nitrogen functional groups attached to an aromatic ring is 1. The monoisotopic (exact) mass is 483 g/mol. The number of aliphatic hydroxyl groups is 1. The molecule has 3 N–H and O–H groups in total. The van der Waals surface area contributed by atoms with Gasteiger partial charge in [0.15, 0.2) is 5.82 Å². The van der Waals surface area contributed by atoms with Crippen molar-refractivity contribution in [1.82, 2.24) is 30.0 Å². The second kappa shape index (κ2) is 8.80. The summed E-state index contributed by atoms with van der Waals surface area (Å²) in [5.74, 6) is 1.08. The van der Waals surface area contributed by atoms with Gasteiger partial charge in [0.05, 0.1) is 17.1 Å². The van der Waals surface area contributed by atoms with E-state index in [1.165, 1.54) is 0 Å². The number of rotatable bonds is 5. The molecule has 1 aliphatic carbocycles. The molecule has 1 aliphatic heterocycles. The van der Waals surface area contributed by atoms with Crippen molar-refractivity contribution in [3.05, 3.63) is 72.1 Å². The topological polar surface area (TPSA) is 144 Å². The fourth-order valence-corrected chi connectivity index (χ4v) is 4.91. The Balaban J connectivity index is 1.22. The van der Waals surface area contributed by atoms with Crippen LogP contribution in [0.4, 0.5) is 5.95 Å². The van der Waals surface area contributed by atoms with Gasteiger partial charge in [-0.05, 0) is 42.5 Å². The molecule has 3 aromatic heterocycles. The number of β-amino-alcohol motifs (C(OH)–C–C–N with tert-alkyl or cyclic N) is 1. The van der Waals surface area contributed by atoms with E-state index in [1.807, 2.05) is 12.1 Å². The Bertz CT molecular complexity index is 1380. The number of hydrogen-bond donors (Lipinski definition) is 2. The molecule has 1 aromatic carbocycles. The smallest absolute Gasteiger partial charge is 0.272 e. The summed E-state index contributed by atoms with van der Waals surface area (Å²) in [6, 6.07) is 11.7. The van der Waals surface area contributed by atoms with Crippen molar-refractivity contribution in [3.8, 4) is 22.6 Å². The fraction of sp³-hybridized carbons (Fsp3) is 0.308. The van der Waals surface area contributed by atoms with E-state index >= 15 is 0 Å². The highest BCUT2D eigenvalue weighted by Gasteiger charge is 2.44. The van der Waals surface area contributed by atoms with Crippen LogP contribution in [0.2, 0.25) is 0 Å². The van der Waals surface area contributed by atoms with Crippen LogP contribution in [0.3, 0.4) is 0 Å². The zero-order valence-electron chi connectivity index (χ0n) is 19.5. The molecule has 10 heteroatoms. The Morgan fingerprint density at radius 3 is 2.33 bits per heavy atom. The van der Waals surface area contributed by atoms with Gasteiger partial charge in [-0.3, -0.25) is 9.78 Å². The number of carbonyl (C=O) groups excluding carboxylic acids is 1. The average molecular weight is 484 g/mol. The highest BCUT2D eigenvalue weighted by molar-refractivity contribution is 5.92. The van der Waals surface area contributed by atoms with Crippen molar-refractivity contribution in [2.45, 2.75) is 37.2 Å². The molecule has 1 saturated carbocycles. The summed E-state index contributed by atoms with van der Waals surface area (Å²) in [5.41, 5.74) is 9.32. The van der Waals surface area contributed by atoms with Crippen molar-refractivity contribution >= 4 is 11.9 Å². The van der Waals surface area contributed by atoms with Gasteiger partial charge in [-0.15, -0.1) is 0 Å². The number of aromatic nitrogens is 5. The molecule has 1 unspecified atom stereocenters. The first-order chi connectivity index (χ1) is 17.5. The van der Waals surface area contributed by atoms with Crippen molar-refractivity contribution in [3.63, 3.8) is 0 Å². The van der Waals surface area contributed by atoms with Crippen LogP contribution in [0.15, 0.2) is 59.5 Å². The highest BCUT2D eigenvalue weighted by Crippen LogP contribution is 2.48. The molecule has 0 radical (unpaired) electrons. The first-order valence-electron chi connectivity index (χ1n) is 12.0. The predicted octanol–water partition coefficient (Wildman–Crippen LogP) is 2.85. The summed E-state index contributed by atoms with van der Waals surface area (Å²) in [7, 11) is 0. The van der Waals surface area contributed by atoms with E-state index in [4.69, 9.17) is 15.2 Å². The Hall–Kier alpha value is -4.18. The number of aliphatic hydroxyl groups excluding tert-OH is 1. The fourth-order valence-electron chi connectivity index (χ4n) is 4.91. The number of amides is 1. The molecule has 4 heterocycles. The third-order valence-electron chi connectivity index (χ3n) is 7.18. The molecule has 4 aromatic rings. The summed E-state index contributed by atoms with van der Waals surface area (Å²) in [4.78, 5) is 31.4. The molecule has 1 amide bonds. The number of benzene rings is 1. The van der Waals surface area contributed by atoms with Crippen molar-refractivity contribution < 1.29 is 14.4 Å². The summed E-state index contributed by atoms with van der Waals surface area (Å²) in [6.07, 6.45) is 8.08. The number of nitrogens with zero attached hydrogens (tertiary/aromatic N) is 6. The zero-order valence-corrected chi connectivity index (χ0v) is 19.5. The van der Waals surface area contributed by atoms with E-state index in [-0.39, 0.29) is 17.3 Å². The molecule has 0 bridgehead atoms. The predicted molar refractivity (Wildman–Crippen MR) is 131 cm³/mol. The zero-order chi connectivity index (χ0) is 24.7. The molecule has 0 spiro atoms. The lowest BCUT2D eigenvalue weighted by Crippen LogP contribution is -2.36. The lowest BCUT2D eigenvalue weighted by atomic mass is 9.64. The Labute approximate surface area is 207 Å². The van der Waals surface area contributed by atoms with Crippen LogP contribution in [0.5, 0.6) is 0 Å². The van der Waals surface area contributed by atoms with E-state index in [0.29, 0.717) is 42.5 Å². The molecule has 1 atom stereocenters. The summed E-state index contributed by atoms with van der Waals surface area (Å²) >= 11 is 0. The number of pyridine rings is 1. The molecule has 2 fully saturated rings. The van der Waals surface area contributed by atoms with Gasteiger partial charge in [0, 0.05) is 37.2 Å². The van der Waals surface area contributed by atoms with Crippen LogP contribution < -0.4 is 5.73 Å². The van der Waals surface area contributed by atoms with Crippen LogP contribution in [0.25, 0.3) is 22.6 Å². The van der Waals surface area contributed by atoms with E-state index in [9.17, 15) is 9.90 Å². The molecule has 2 aliphatic rings. The van der Waals surface area contributed by atoms with Crippen LogP contribution >= 0.6 is 0 Å². The normalized spacial score (nSPS) is 18.7. The van der Waals surface area contributed by atoms with Gasteiger partial charge < -0.3 is 20.3 Å². The van der Waals surface area contributed by atoms with E-state index in [2.05, 4.69) is 32.2 Å². The Kier molecular flexibility index (Phi) is 5.45. The maximum Gasteiger partial charge on any atom is 0.272 e. The SMILES string of the molecule is Nc1ncc(-c2ccc(C3(c4noc(-c5ccc(C(=O)N6CCC(O)C6)nc5)n4)CCC3)cc2)cn1. The third-order valence-corrected chi connectivity index (χ3v) is 7.18. The number of nitrogens with two attached hydrogens (primary N) is 1. The van der Waals surface area contributed by atoms with Gasteiger partial charge in [-0.2, -0.15) is 4.98 Å². The first-order valence-corrected chi connectivity index (χ1v) is 12.0. The largest absolute Gasteiger partial charge is 0.391 e. The standard InChI is InChI=1S/C26H25N7O3/c27-25-29-13-18(14-30-25)16-2-5-19(6-3-16)26(9-1-10-26)24-31-22(36-32-24)17-4-7-21(28-12-17)23(35)33-11-8-20(34)15-33/h2-7,12-14,20,34H,1,8-11,15H2,(H2,27,29,30). The minimum absolute atomic E-state index is 0.188. The van der Waals surface area contributed by atoms with E-state index in [1.54, 1.807) is 35.6 Å². The van der Waals surface area contributed by atoms with Crippen LogP contribution in [-0.2, 0) is 5.41 Å². The van der Waals surface area contributed by atoms with Crippen molar-refractivity contribution in [1.29, 1.82) is 0 Å². The van der Waals surface area contributed by atoms with E-state index in [0.717, 1.165) is 36.0 Å². The Morgan fingerprint density at radius 1 is 1.00 bits per heavy atom. The van der Waals surface area contributed by atoms with Crippen molar-refractivity contribution in [2.75, 3.05) is 18.8 Å². The lowest BCUT2D eigenvalue weighted by Gasteiger charge is -2.39. The molecule has 1 saturated heterocycles. The van der Waals surface area contributed by atoms with Gasteiger partial charge in [0.25, 0.3) is 11.8 Å². The summed E-state index contributed by atoms with van der Waals surface area (Å²) < 4.78 is 5.61. The van der Waals surface area contributed by atoms with Crippen LogP contribution in [-0.4, -0.2) is 60.2 Å². The third kappa shape index (κ3) is 3.89. The molecule has 6 rings (SSSR count). The van der Waals surface area contributed by atoms with Gasteiger partial charge in [0.2, 0.25) is 5.95 Å². The van der Waals surface area contributed by atoms with Gasteiger partial charge in [0.1, 0.15) is 5.69 Å². The average Bonchev–Trinajstić information content (AvgIpc) is 3.54. The second-order valence-corrected chi connectivity index (χ2v) is 9.39. The van der Waals surface area contributed by atoms with Crippen LogP contribution in [0.1, 0.15) is 47.6 Å². The summed E-state index contributed by atoms with van der Waals surface area (Å²) in [5, 5.41) is 14.0. The van der Waals surface area contributed by atoms with Crippen molar-refractivity contribution in [2.24, 2.45) is 0 Å². The molecular weight excluding hydrogens is 458 g/mol. The molecule has 10 nitrogen and oxygen atoms in total. The number of likely N-dealkylation sites (tertiary alicyclic amines) is 1. The van der Waals surface area contributed by atoms with Gasteiger partial charge in [-0.1, -0.05) is 35.8 Å². The van der Waals surface area contributed by atoms with Gasteiger partial charge >= 0.3 is 0 Å². The first kappa shape index (κ1) is 22.3. The van der Waals surface area contributed by atoms with E-state index < -0.39 is 6.10 Å². The second-order valence-electron chi connectivity index (χ2n) is 9.39. The number of anilines is 1. The minimum atomic E-state index is -0.466. The maximum atomic E-state index is 12.6. The maximum absolute atomic E-state index is 12.6. The lowest BCUT2D eigenvalue weighted by molar-refractivity contribution is 0.0759. The minimum Gasteiger partial charge on any atom is -0.391 e.